The van der Waals surface area contributed by atoms with Gasteiger partial charge >= 0.3 is 6.09 Å². The van der Waals surface area contributed by atoms with Gasteiger partial charge in [-0.25, -0.2) is 17.6 Å². The average molecular weight is 747 g/mol. The van der Waals surface area contributed by atoms with Crippen molar-refractivity contribution >= 4 is 51.2 Å². The van der Waals surface area contributed by atoms with Crippen molar-refractivity contribution in [3.8, 4) is 0 Å². The van der Waals surface area contributed by atoms with E-state index in [1.165, 1.54) is 15.9 Å². The van der Waals surface area contributed by atoms with E-state index in [2.05, 4.69) is 20.7 Å². The Morgan fingerprint density at radius 1 is 1.10 bits per heavy atom. The van der Waals surface area contributed by atoms with E-state index in [9.17, 15) is 32.0 Å². The molecule has 1 saturated heterocycles. The van der Waals surface area contributed by atoms with E-state index >= 15 is 0 Å². The third-order valence-electron chi connectivity index (χ3n) is 10.1. The van der Waals surface area contributed by atoms with Gasteiger partial charge in [0, 0.05) is 30.0 Å². The van der Waals surface area contributed by atoms with Crippen molar-refractivity contribution < 1.29 is 36.7 Å². The second-order valence-corrected chi connectivity index (χ2v) is 17.8. The van der Waals surface area contributed by atoms with Crippen LogP contribution in [-0.2, 0) is 42.2 Å². The van der Waals surface area contributed by atoms with Gasteiger partial charge in [0.15, 0.2) is 5.11 Å². The topological polar surface area (TPSA) is 166 Å². The summed E-state index contributed by atoms with van der Waals surface area (Å²) in [5, 5.41) is 8.79. The number of carbonyl (C=O) groups is 4. The van der Waals surface area contributed by atoms with E-state index in [0.717, 1.165) is 19.3 Å². The molecule has 2 saturated carbocycles. The predicted octanol–water partition coefficient (Wildman–Crippen LogP) is 2.88. The van der Waals surface area contributed by atoms with Crippen molar-refractivity contribution in [1.82, 2.24) is 30.5 Å². The highest BCUT2D eigenvalue weighted by atomic mass is 32.2. The molecule has 1 aromatic rings. The van der Waals surface area contributed by atoms with E-state index in [4.69, 9.17) is 17.0 Å². The lowest BCUT2D eigenvalue weighted by atomic mass is 10.0. The molecule has 13 nitrogen and oxygen atoms in total. The van der Waals surface area contributed by atoms with Gasteiger partial charge in [-0.15, -0.1) is 0 Å². The summed E-state index contributed by atoms with van der Waals surface area (Å²) in [7, 11) is -3.89. The smallest absolute Gasteiger partial charge is 0.410 e. The van der Waals surface area contributed by atoms with E-state index in [1.54, 1.807) is 12.1 Å². The Balaban J connectivity index is 1.25. The molecule has 0 unspecified atom stereocenters. The van der Waals surface area contributed by atoms with Crippen LogP contribution in [0.3, 0.4) is 0 Å². The minimum atomic E-state index is -3.89. The third-order valence-corrected chi connectivity index (χ3v) is 12.1. The summed E-state index contributed by atoms with van der Waals surface area (Å²) in [6.45, 7) is 5.90. The minimum Gasteiger partial charge on any atom is -0.444 e. The summed E-state index contributed by atoms with van der Waals surface area (Å²) in [4.78, 5) is 58.3. The number of carbonyl (C=O) groups excluding carboxylic acids is 4. The molecule has 5 aliphatic rings. The number of allylic oxidation sites excluding steroid dienone is 1. The molecule has 4 N–H and O–H groups in total. The first-order chi connectivity index (χ1) is 24.1. The van der Waals surface area contributed by atoms with Gasteiger partial charge in [0.25, 0.3) is 5.91 Å². The van der Waals surface area contributed by atoms with Crippen molar-refractivity contribution in [2.45, 2.75) is 126 Å². The van der Waals surface area contributed by atoms with Gasteiger partial charge in [-0.1, -0.05) is 37.1 Å². The number of hydrogen-bond donors (Lipinski definition) is 4. The molecule has 6 rings (SSSR count). The van der Waals surface area contributed by atoms with Gasteiger partial charge < -0.3 is 25.6 Å². The van der Waals surface area contributed by atoms with E-state index in [-0.39, 0.29) is 43.1 Å². The Labute approximate surface area is 303 Å². The van der Waals surface area contributed by atoms with Gasteiger partial charge in [-0.2, -0.15) is 0 Å². The molecule has 16 heteroatoms. The van der Waals surface area contributed by atoms with Crippen LogP contribution in [0.2, 0.25) is 0 Å². The van der Waals surface area contributed by atoms with Crippen molar-refractivity contribution in [2.75, 3.05) is 6.54 Å². The van der Waals surface area contributed by atoms with Gasteiger partial charge in [0.1, 0.15) is 29.5 Å². The van der Waals surface area contributed by atoms with Gasteiger partial charge in [0.05, 0.1) is 18.3 Å². The fourth-order valence-corrected chi connectivity index (χ4v) is 8.92. The number of halogens is 1. The Bertz CT molecular complexity index is 1730. The van der Waals surface area contributed by atoms with Crippen molar-refractivity contribution in [2.24, 2.45) is 5.92 Å². The number of ether oxygens (including phenoxy) is 1. The van der Waals surface area contributed by atoms with E-state index in [1.807, 2.05) is 32.9 Å². The van der Waals surface area contributed by atoms with Crippen LogP contribution in [0.15, 0.2) is 30.4 Å². The third kappa shape index (κ3) is 8.48. The zero-order valence-corrected chi connectivity index (χ0v) is 30.8. The molecule has 51 heavy (non-hydrogen) atoms. The Morgan fingerprint density at radius 3 is 2.57 bits per heavy atom. The molecule has 278 valence electrons. The number of fused-ring (bicyclic) bond motifs is 3. The van der Waals surface area contributed by atoms with Crippen LogP contribution >= 0.6 is 12.2 Å². The zero-order valence-electron chi connectivity index (χ0n) is 29.2. The van der Waals surface area contributed by atoms with Gasteiger partial charge in [0.2, 0.25) is 21.8 Å². The second kappa shape index (κ2) is 14.3. The highest BCUT2D eigenvalue weighted by Gasteiger charge is 2.62. The molecule has 0 radical (unpaired) electrons. The predicted molar refractivity (Wildman–Crippen MR) is 190 cm³/mol. The summed E-state index contributed by atoms with van der Waals surface area (Å²) in [5.74, 6) is -2.73. The molecule has 5 atom stereocenters. The summed E-state index contributed by atoms with van der Waals surface area (Å²) in [6, 6.07) is 2.72. The van der Waals surface area contributed by atoms with E-state index < -0.39 is 74.5 Å². The Morgan fingerprint density at radius 2 is 1.86 bits per heavy atom. The molecule has 3 aliphatic heterocycles. The van der Waals surface area contributed by atoms with Crippen LogP contribution in [-0.4, -0.2) is 88.2 Å². The normalized spacial score (nSPS) is 28.3. The Kier molecular flexibility index (Phi) is 10.4. The average Bonchev–Trinajstić information content (AvgIpc) is 3.93. The number of amides is 4. The van der Waals surface area contributed by atoms with Crippen molar-refractivity contribution in [1.29, 1.82) is 0 Å². The number of rotatable bonds is 5. The summed E-state index contributed by atoms with van der Waals surface area (Å²) in [5.41, 5.74) is -0.803. The molecule has 0 aromatic heterocycles. The molecular formula is C35H47FN6O7S2. The maximum Gasteiger partial charge on any atom is 0.410 e. The monoisotopic (exact) mass is 746 g/mol. The number of sulfonamides is 1. The molecular weight excluding hydrogens is 700 g/mol. The van der Waals surface area contributed by atoms with E-state index in [0.29, 0.717) is 36.8 Å². The summed E-state index contributed by atoms with van der Waals surface area (Å²) < 4.78 is 48.0. The maximum atomic E-state index is 14.4. The van der Waals surface area contributed by atoms with Crippen LogP contribution in [0.1, 0.15) is 89.7 Å². The number of hydrogen-bond acceptors (Lipinski definition) is 8. The molecule has 2 aliphatic carbocycles. The first-order valence-electron chi connectivity index (χ1n) is 17.7. The lowest BCUT2D eigenvalue weighted by Gasteiger charge is -2.31. The Hall–Kier alpha value is -3.79. The molecule has 0 bridgehead atoms. The highest BCUT2D eigenvalue weighted by molar-refractivity contribution is 7.91. The second-order valence-electron chi connectivity index (χ2n) is 15.4. The number of thiocarbonyl (C=S) groups is 1. The number of nitrogens with one attached hydrogen (secondary N) is 4. The molecule has 1 aromatic carbocycles. The summed E-state index contributed by atoms with van der Waals surface area (Å²) in [6.07, 6.45) is 6.75. The molecule has 3 fully saturated rings. The largest absolute Gasteiger partial charge is 0.444 e. The van der Waals surface area contributed by atoms with Crippen LogP contribution in [0, 0.1) is 11.7 Å². The first kappa shape index (κ1) is 37.0. The number of nitrogens with zero attached hydrogens (tertiary/aromatic N) is 2. The van der Waals surface area contributed by atoms with Crippen molar-refractivity contribution in [3.63, 3.8) is 0 Å². The SMILES string of the molecule is CC(C)(C)NC(=S)N[C@H]1CCCCCC=C[C@@H]2C[C@@]2(C(=O)NS(=O)(=O)C2CC2)NC(=O)[C@@H]2C[C@@H](OC(=O)N3Cc4cccc(F)c4C3)CN2C1=O. The zero-order chi connectivity index (χ0) is 36.7. The van der Waals surface area contributed by atoms with Crippen molar-refractivity contribution in [3.05, 3.63) is 47.3 Å². The highest BCUT2D eigenvalue weighted by Crippen LogP contribution is 2.46. The van der Waals surface area contributed by atoms with Crippen LogP contribution in [0.5, 0.6) is 0 Å². The first-order valence-corrected chi connectivity index (χ1v) is 19.7. The molecule has 0 spiro atoms. The fourth-order valence-electron chi connectivity index (χ4n) is 7.11. The number of benzene rings is 1. The van der Waals surface area contributed by atoms with Crippen LogP contribution in [0.25, 0.3) is 0 Å². The fraction of sp³-hybridized carbons (Fsp3) is 0.629. The lowest BCUT2D eigenvalue weighted by molar-refractivity contribution is -0.141. The van der Waals surface area contributed by atoms with Gasteiger partial charge in [-0.3, -0.25) is 24.0 Å². The summed E-state index contributed by atoms with van der Waals surface area (Å²) >= 11 is 5.56. The lowest BCUT2D eigenvalue weighted by Crippen LogP contribution is -2.59. The minimum absolute atomic E-state index is 0.0284. The molecule has 4 amide bonds. The maximum absolute atomic E-state index is 14.4. The quantitative estimate of drug-likeness (QED) is 0.260. The van der Waals surface area contributed by atoms with Gasteiger partial charge in [-0.05, 0) is 83.1 Å². The standard InChI is InChI=1S/C35H47FN6O7S2/c1-34(2,3)39-32(50)37-27-13-8-6-4-5-7-11-22-17-35(22,31(45)40-51(47,48)24-14-15-24)38-29(43)28-16-23(19-42(28)30(27)44)49-33(46)41-18-21-10-9-12-26(36)25(21)20-41/h7,9-12,22-24,27-28H,4-6,8,13-20H2,1-3H3,(H,38,43)(H,40,45)(H2,37,39,50)/t22-,23-,27+,28+,35-/m1/s1. The molecule has 3 heterocycles. The van der Waals surface area contributed by atoms with Crippen LogP contribution < -0.4 is 20.7 Å². The van der Waals surface area contributed by atoms with Crippen LogP contribution in [0.4, 0.5) is 9.18 Å².